The fraction of sp³-hybridized carbons (Fsp3) is 0.274. The van der Waals surface area contributed by atoms with E-state index in [0.717, 1.165) is 179 Å². The van der Waals surface area contributed by atoms with Crippen LogP contribution in [0.5, 0.6) is 0 Å². The van der Waals surface area contributed by atoms with Gasteiger partial charge in [0.2, 0.25) is 0 Å². The first kappa shape index (κ1) is 84.5. The largest absolute Gasteiger partial charge is 0.361 e. The van der Waals surface area contributed by atoms with E-state index in [0.29, 0.717) is 0 Å². The lowest BCUT2D eigenvalue weighted by molar-refractivity contribution is 0.215. The number of anilines is 4. The van der Waals surface area contributed by atoms with Crippen LogP contribution in [0.25, 0.3) is 6.08 Å². The molecular formula is C95H97Cl8N9S2. The molecule has 9 nitrogen and oxygen atoms in total. The van der Waals surface area contributed by atoms with Crippen molar-refractivity contribution in [2.45, 2.75) is 77.8 Å². The summed E-state index contributed by atoms with van der Waals surface area (Å²) in [6.45, 7) is 23.8. The van der Waals surface area contributed by atoms with Crippen molar-refractivity contribution in [3.63, 3.8) is 0 Å². The van der Waals surface area contributed by atoms with E-state index < -0.39 is 0 Å². The molecule has 0 N–H and O–H groups in total. The minimum atomic E-state index is 0.219. The van der Waals surface area contributed by atoms with Gasteiger partial charge in [0.1, 0.15) is 5.01 Å². The number of rotatable bonds is 19. The number of hydrogen-bond donors (Lipinski definition) is 0. The molecule has 0 aliphatic carbocycles. The predicted molar refractivity (Wildman–Crippen MR) is 491 cm³/mol. The van der Waals surface area contributed by atoms with Crippen LogP contribution in [-0.4, -0.2) is 116 Å². The minimum Gasteiger partial charge on any atom is -0.361 e. The summed E-state index contributed by atoms with van der Waals surface area (Å²) >= 11 is 54.5. The SMILES string of the molecule is Cc1ccc(N2CCN(C/C=C/c3ccccc3)CC2c2ccc(Cl)cc2)c(Cl)c1.Cc1ccc(N2CCN(CCCc3ccccc3)CC2c2ccc(Cl)cc2)c(Cl)c1.Cc1ccc(N2CCN(Cc3ccsc3)CC2c2ccc(Cl)cc2)c(Cl)c1.Cc1ccc(N2CCN(Cc3nccs3)CC2c2ccc(Cl)cc2)c(Cl)c1. The number of benzene rings is 10. The second-order valence-electron chi connectivity index (χ2n) is 29.9. The highest BCUT2D eigenvalue weighted by Gasteiger charge is 2.34. The van der Waals surface area contributed by atoms with Gasteiger partial charge in [0, 0.05) is 123 Å². The van der Waals surface area contributed by atoms with Gasteiger partial charge in [-0.3, -0.25) is 19.6 Å². The van der Waals surface area contributed by atoms with Crippen molar-refractivity contribution < 1.29 is 0 Å². The monoisotopic (exact) mass is 1710 g/mol. The van der Waals surface area contributed by atoms with Gasteiger partial charge in [-0.15, -0.1) is 11.3 Å². The number of hydrogen-bond acceptors (Lipinski definition) is 11. The van der Waals surface area contributed by atoms with Gasteiger partial charge < -0.3 is 19.6 Å². The molecule has 12 aromatic rings. The summed E-state index contributed by atoms with van der Waals surface area (Å²) in [6.07, 6.45) is 8.61. The smallest absolute Gasteiger partial charge is 0.107 e. The van der Waals surface area contributed by atoms with Gasteiger partial charge in [-0.05, 0) is 222 Å². The zero-order chi connectivity index (χ0) is 79.5. The van der Waals surface area contributed by atoms with Crippen LogP contribution in [0.4, 0.5) is 22.7 Å². The van der Waals surface area contributed by atoms with Crippen LogP contribution in [0.15, 0.2) is 265 Å². The molecule has 0 amide bonds. The Morgan fingerprint density at radius 3 is 1.11 bits per heavy atom. The second kappa shape index (κ2) is 41.6. The quantitative estimate of drug-likeness (QED) is 0.0787. The van der Waals surface area contributed by atoms with Gasteiger partial charge >= 0.3 is 0 Å². The number of piperazine rings is 4. The van der Waals surface area contributed by atoms with E-state index in [1.54, 1.807) is 22.7 Å². The van der Waals surface area contributed by atoms with Gasteiger partial charge in [-0.1, -0.05) is 238 Å². The van der Waals surface area contributed by atoms with Crippen LogP contribution in [0.2, 0.25) is 40.2 Å². The molecule has 10 aromatic carbocycles. The number of thiophene rings is 1. The maximum Gasteiger partial charge on any atom is 0.107 e. The molecular weight excluding hydrogens is 1610 g/mol. The van der Waals surface area contributed by atoms with Crippen molar-refractivity contribution in [3.05, 3.63) is 371 Å². The van der Waals surface area contributed by atoms with Crippen molar-refractivity contribution in [1.82, 2.24) is 24.6 Å². The van der Waals surface area contributed by atoms with E-state index in [2.05, 4.69) is 259 Å². The average Bonchev–Trinajstić information content (AvgIpc) is 1.08. The number of aryl methyl sites for hydroxylation is 5. The summed E-state index contributed by atoms with van der Waals surface area (Å²) in [5.41, 5.74) is 18.2. The molecule has 19 heteroatoms. The predicted octanol–water partition coefficient (Wildman–Crippen LogP) is 25.9. The summed E-state index contributed by atoms with van der Waals surface area (Å²) in [6, 6.07) is 82.5. The van der Waals surface area contributed by atoms with E-state index >= 15 is 0 Å². The first-order valence-electron chi connectivity index (χ1n) is 39.1. The molecule has 0 radical (unpaired) electrons. The van der Waals surface area contributed by atoms with Gasteiger partial charge in [-0.25, -0.2) is 4.98 Å². The van der Waals surface area contributed by atoms with Crippen molar-refractivity contribution in [2.24, 2.45) is 0 Å². The zero-order valence-electron chi connectivity index (χ0n) is 64.9. The molecule has 4 aliphatic heterocycles. The molecule has 6 heterocycles. The summed E-state index contributed by atoms with van der Waals surface area (Å²) in [5.74, 6) is 0. The maximum absolute atomic E-state index is 6.65. The Labute approximate surface area is 723 Å². The Balaban J connectivity index is 0.000000133. The molecule has 4 atom stereocenters. The molecule has 0 bridgehead atoms. The number of aromatic nitrogens is 1. The molecule has 114 heavy (non-hydrogen) atoms. The Hall–Kier alpha value is -7.37. The van der Waals surface area contributed by atoms with E-state index in [1.807, 2.05) is 84.4 Å². The highest BCUT2D eigenvalue weighted by Crippen LogP contribution is 2.42. The summed E-state index contributed by atoms with van der Waals surface area (Å²) < 4.78 is 0. The van der Waals surface area contributed by atoms with Gasteiger partial charge in [0.15, 0.2) is 0 Å². The summed E-state index contributed by atoms with van der Waals surface area (Å²) in [4.78, 5) is 24.3. The maximum atomic E-state index is 6.65. The van der Waals surface area contributed by atoms with Crippen LogP contribution in [0, 0.1) is 27.7 Å². The van der Waals surface area contributed by atoms with Crippen molar-refractivity contribution in [2.75, 3.05) is 111 Å². The van der Waals surface area contributed by atoms with Crippen molar-refractivity contribution in [3.8, 4) is 0 Å². The lowest BCUT2D eigenvalue weighted by atomic mass is 10.0. The van der Waals surface area contributed by atoms with Crippen molar-refractivity contribution >= 4 is 144 Å². The van der Waals surface area contributed by atoms with Crippen LogP contribution < -0.4 is 19.6 Å². The molecule has 0 spiro atoms. The summed E-state index contributed by atoms with van der Waals surface area (Å²) in [7, 11) is 0. The normalized spacial score (nSPS) is 17.7. The van der Waals surface area contributed by atoms with Crippen LogP contribution in [-0.2, 0) is 19.5 Å². The Morgan fingerprint density at radius 2 is 0.737 bits per heavy atom. The zero-order valence-corrected chi connectivity index (χ0v) is 72.6. The van der Waals surface area contributed by atoms with Gasteiger partial charge in [-0.2, -0.15) is 11.3 Å². The standard InChI is InChI=1S/C26H28Cl2N2.C26H26Cl2N2.C22H22Cl2N2S.C21H21Cl2N3S/c2*1-20-9-14-25(24(28)18-20)30-17-16-29(15-5-8-21-6-3-2-4-7-21)19-26(30)22-10-12-23(27)13-11-22;1-16-2-7-21(20(24)12-16)26-10-9-25(13-17-8-11-27-15-17)14-22(26)18-3-5-19(23)6-4-18;1-15-2-7-19(18(23)12-15)26-10-9-25(14-21-24-8-11-27-21)13-20(26)16-3-5-17(22)6-4-16/h2-4,6-7,9-14,18,26H,5,8,15-17,19H2,1H3;2-14,18,26H,15-17,19H2,1H3;2-8,11-12,15,22H,9-10,13-14H2,1H3;2-8,11-12,20H,9-10,13-14H2,1H3/b;8-5+;;. The molecule has 2 aromatic heterocycles. The highest BCUT2D eigenvalue weighted by atomic mass is 35.5. The fourth-order valence-corrected chi connectivity index (χ4v) is 18.8. The van der Waals surface area contributed by atoms with E-state index in [9.17, 15) is 0 Å². The van der Waals surface area contributed by atoms with E-state index in [-0.39, 0.29) is 24.2 Å². The number of halogens is 8. The molecule has 4 unspecified atom stereocenters. The van der Waals surface area contributed by atoms with Crippen LogP contribution >= 0.6 is 115 Å². The minimum absolute atomic E-state index is 0.219. The van der Waals surface area contributed by atoms with Crippen molar-refractivity contribution in [1.29, 1.82) is 0 Å². The molecule has 0 saturated carbocycles. The molecule has 4 aliphatic rings. The molecule has 16 rings (SSSR count). The molecule has 590 valence electrons. The highest BCUT2D eigenvalue weighted by molar-refractivity contribution is 7.09. The van der Waals surface area contributed by atoms with Gasteiger partial charge in [0.05, 0.1) is 73.6 Å². The second-order valence-corrected chi connectivity index (χ2v) is 35.0. The van der Waals surface area contributed by atoms with Gasteiger partial charge in [0.25, 0.3) is 0 Å². The lowest BCUT2D eigenvalue weighted by Gasteiger charge is -2.43. The Bertz CT molecular complexity index is 4850. The third-order valence-corrected chi connectivity index (χ3v) is 25.3. The Morgan fingerprint density at radius 1 is 0.368 bits per heavy atom. The average molecular weight is 1710 g/mol. The third-order valence-electron chi connectivity index (χ3n) is 21.6. The molecule has 4 saturated heterocycles. The molecule has 4 fully saturated rings. The lowest BCUT2D eigenvalue weighted by Crippen LogP contribution is -2.49. The first-order chi connectivity index (χ1) is 55.4. The van der Waals surface area contributed by atoms with E-state index in [1.165, 1.54) is 67.6 Å². The third kappa shape index (κ3) is 23.5. The van der Waals surface area contributed by atoms with Crippen LogP contribution in [0.3, 0.4) is 0 Å². The Kier molecular flexibility index (Phi) is 30.9. The topological polar surface area (TPSA) is 38.8 Å². The summed E-state index contributed by atoms with van der Waals surface area (Å²) in [5, 5.41) is 13.9. The first-order valence-corrected chi connectivity index (χ1v) is 43.9. The van der Waals surface area contributed by atoms with Crippen LogP contribution in [0.1, 0.15) is 96.8 Å². The number of nitrogens with zero attached hydrogens (tertiary/aromatic N) is 9. The fourth-order valence-electron chi connectivity index (χ4n) is 15.6. The van der Waals surface area contributed by atoms with E-state index in [4.69, 9.17) is 92.8 Å². The number of thiazole rings is 1.